The predicted octanol–water partition coefficient (Wildman–Crippen LogP) is 2.71. The fraction of sp³-hybridized carbons (Fsp3) is 0.500. The number of carbonyl (C=O) groups excluding carboxylic acids is 2. The highest BCUT2D eigenvalue weighted by Crippen LogP contribution is 2.33. The Labute approximate surface area is 158 Å². The number of pyridine rings is 1. The number of hydrogen-bond donors (Lipinski definition) is 1. The van der Waals surface area contributed by atoms with Crippen LogP contribution >= 0.6 is 0 Å². The molecule has 0 saturated heterocycles. The van der Waals surface area contributed by atoms with E-state index in [2.05, 4.69) is 15.3 Å². The first kappa shape index (κ1) is 17.7. The van der Waals surface area contributed by atoms with Crippen molar-refractivity contribution in [2.45, 2.75) is 52.6 Å². The molecule has 1 fully saturated rings. The van der Waals surface area contributed by atoms with Gasteiger partial charge in [-0.2, -0.15) is 0 Å². The van der Waals surface area contributed by atoms with Crippen LogP contribution in [-0.4, -0.2) is 37.8 Å². The Morgan fingerprint density at radius 2 is 2.04 bits per heavy atom. The minimum absolute atomic E-state index is 0.110. The summed E-state index contributed by atoms with van der Waals surface area (Å²) in [4.78, 5) is 36.0. The third-order valence-electron chi connectivity index (χ3n) is 5.16. The maximum atomic E-state index is 12.9. The van der Waals surface area contributed by atoms with E-state index in [1.807, 2.05) is 36.3 Å². The Kier molecular flexibility index (Phi) is 4.45. The highest BCUT2D eigenvalue weighted by atomic mass is 16.2. The molecule has 3 heterocycles. The van der Waals surface area contributed by atoms with Gasteiger partial charge in [0.1, 0.15) is 5.82 Å². The molecule has 2 aromatic heterocycles. The van der Waals surface area contributed by atoms with Crippen molar-refractivity contribution in [1.82, 2.24) is 19.4 Å². The van der Waals surface area contributed by atoms with Gasteiger partial charge < -0.3 is 14.8 Å². The molecule has 1 saturated carbocycles. The highest BCUT2D eigenvalue weighted by Gasteiger charge is 2.36. The molecule has 0 unspecified atom stereocenters. The standard InChI is InChI=1S/C20H25N5O2/c1-12(2)25-16-8-9-24(20(27)14-5-6-14)11-15(16)22-18(25)19(26)23-17-7-4-13(3)10-21-17/h4,7,10,12,14H,5-6,8-9,11H2,1-3H3,(H,21,23,26). The SMILES string of the molecule is Cc1ccc(NC(=O)c2nc3c(n2C(C)C)CCN(C(=O)C2CC2)C3)nc1. The fourth-order valence-corrected chi connectivity index (χ4v) is 3.61. The van der Waals surface area contributed by atoms with E-state index in [0.717, 1.165) is 36.2 Å². The Balaban J connectivity index is 1.60. The zero-order chi connectivity index (χ0) is 19.1. The van der Waals surface area contributed by atoms with E-state index in [1.54, 1.807) is 12.3 Å². The number of amides is 2. The largest absolute Gasteiger partial charge is 0.336 e. The summed E-state index contributed by atoms with van der Waals surface area (Å²) in [7, 11) is 0. The predicted molar refractivity (Wildman–Crippen MR) is 101 cm³/mol. The van der Waals surface area contributed by atoms with E-state index in [9.17, 15) is 9.59 Å². The van der Waals surface area contributed by atoms with Crippen molar-refractivity contribution < 1.29 is 9.59 Å². The van der Waals surface area contributed by atoms with Crippen LogP contribution in [0.15, 0.2) is 18.3 Å². The summed E-state index contributed by atoms with van der Waals surface area (Å²) < 4.78 is 2.00. The average Bonchev–Trinajstić information content (AvgIpc) is 3.42. The second kappa shape index (κ2) is 6.79. The van der Waals surface area contributed by atoms with Crippen molar-refractivity contribution in [3.8, 4) is 0 Å². The van der Waals surface area contributed by atoms with Gasteiger partial charge in [-0.05, 0) is 45.2 Å². The Hall–Kier alpha value is -2.70. The van der Waals surface area contributed by atoms with E-state index >= 15 is 0 Å². The molecule has 27 heavy (non-hydrogen) atoms. The molecule has 4 rings (SSSR count). The first-order valence-corrected chi connectivity index (χ1v) is 9.57. The van der Waals surface area contributed by atoms with Crippen molar-refractivity contribution in [3.05, 3.63) is 41.1 Å². The Morgan fingerprint density at radius 3 is 2.67 bits per heavy atom. The molecule has 1 aliphatic heterocycles. The number of fused-ring (bicyclic) bond motifs is 1. The number of imidazole rings is 1. The van der Waals surface area contributed by atoms with Gasteiger partial charge >= 0.3 is 0 Å². The van der Waals surface area contributed by atoms with Crippen molar-refractivity contribution in [2.24, 2.45) is 5.92 Å². The van der Waals surface area contributed by atoms with Crippen LogP contribution in [0.4, 0.5) is 5.82 Å². The van der Waals surface area contributed by atoms with Crippen LogP contribution in [0.5, 0.6) is 0 Å². The number of aromatic nitrogens is 3. The van der Waals surface area contributed by atoms with E-state index in [1.165, 1.54) is 0 Å². The molecule has 1 aliphatic carbocycles. The maximum absolute atomic E-state index is 12.9. The number of anilines is 1. The smallest absolute Gasteiger partial charge is 0.292 e. The lowest BCUT2D eigenvalue weighted by molar-refractivity contribution is -0.133. The number of nitrogens with one attached hydrogen (secondary N) is 1. The summed E-state index contributed by atoms with van der Waals surface area (Å²) in [5.74, 6) is 1.06. The topological polar surface area (TPSA) is 80.1 Å². The summed E-state index contributed by atoms with van der Waals surface area (Å²) in [5.41, 5.74) is 2.94. The van der Waals surface area contributed by atoms with E-state index in [0.29, 0.717) is 24.7 Å². The molecule has 0 aromatic carbocycles. The van der Waals surface area contributed by atoms with E-state index in [-0.39, 0.29) is 23.8 Å². The van der Waals surface area contributed by atoms with Crippen molar-refractivity contribution in [2.75, 3.05) is 11.9 Å². The van der Waals surface area contributed by atoms with Crippen LogP contribution < -0.4 is 5.32 Å². The fourth-order valence-electron chi connectivity index (χ4n) is 3.61. The third kappa shape index (κ3) is 3.46. The van der Waals surface area contributed by atoms with Gasteiger partial charge in [-0.25, -0.2) is 9.97 Å². The molecule has 0 bridgehead atoms. The van der Waals surface area contributed by atoms with Gasteiger partial charge in [0.2, 0.25) is 5.91 Å². The van der Waals surface area contributed by atoms with Gasteiger partial charge in [-0.15, -0.1) is 0 Å². The number of nitrogens with zero attached hydrogens (tertiary/aromatic N) is 4. The minimum Gasteiger partial charge on any atom is -0.336 e. The van der Waals surface area contributed by atoms with Crippen molar-refractivity contribution >= 4 is 17.6 Å². The molecule has 142 valence electrons. The van der Waals surface area contributed by atoms with Gasteiger partial charge in [-0.3, -0.25) is 9.59 Å². The monoisotopic (exact) mass is 367 g/mol. The summed E-state index contributed by atoms with van der Waals surface area (Å²) in [6, 6.07) is 3.80. The summed E-state index contributed by atoms with van der Waals surface area (Å²) >= 11 is 0. The molecule has 7 nitrogen and oxygen atoms in total. The van der Waals surface area contributed by atoms with E-state index < -0.39 is 0 Å². The second-order valence-electron chi connectivity index (χ2n) is 7.75. The van der Waals surface area contributed by atoms with Gasteiger partial charge in [0, 0.05) is 36.8 Å². The quantitative estimate of drug-likeness (QED) is 0.901. The zero-order valence-electron chi connectivity index (χ0n) is 16.0. The van der Waals surface area contributed by atoms with Crippen LogP contribution in [0.25, 0.3) is 0 Å². The van der Waals surface area contributed by atoms with Crippen LogP contribution in [-0.2, 0) is 17.8 Å². The molecule has 0 radical (unpaired) electrons. The van der Waals surface area contributed by atoms with Gasteiger partial charge in [0.05, 0.1) is 12.2 Å². The van der Waals surface area contributed by atoms with E-state index in [4.69, 9.17) is 0 Å². The maximum Gasteiger partial charge on any atom is 0.292 e. The zero-order valence-corrected chi connectivity index (χ0v) is 16.0. The van der Waals surface area contributed by atoms with Crippen molar-refractivity contribution in [1.29, 1.82) is 0 Å². The number of aryl methyl sites for hydroxylation is 1. The van der Waals surface area contributed by atoms with Crippen LogP contribution in [0, 0.1) is 12.8 Å². The number of carbonyl (C=O) groups is 2. The third-order valence-corrected chi connectivity index (χ3v) is 5.16. The molecule has 2 amide bonds. The lowest BCUT2D eigenvalue weighted by Gasteiger charge is -2.28. The average molecular weight is 367 g/mol. The number of rotatable bonds is 4. The van der Waals surface area contributed by atoms with Gasteiger partial charge in [-0.1, -0.05) is 6.07 Å². The second-order valence-corrected chi connectivity index (χ2v) is 7.75. The van der Waals surface area contributed by atoms with Gasteiger partial charge in [0.25, 0.3) is 5.91 Å². The highest BCUT2D eigenvalue weighted by molar-refractivity contribution is 6.01. The van der Waals surface area contributed by atoms with Crippen LogP contribution in [0.1, 0.15) is 60.3 Å². The lowest BCUT2D eigenvalue weighted by Crippen LogP contribution is -2.37. The summed E-state index contributed by atoms with van der Waals surface area (Å²) in [6.45, 7) is 7.23. The van der Waals surface area contributed by atoms with Crippen LogP contribution in [0.2, 0.25) is 0 Å². The molecule has 7 heteroatoms. The molecule has 2 aromatic rings. The molecule has 1 N–H and O–H groups in total. The molecule has 0 atom stereocenters. The van der Waals surface area contributed by atoms with Gasteiger partial charge in [0.15, 0.2) is 5.82 Å². The first-order chi connectivity index (χ1) is 12.9. The molecular weight excluding hydrogens is 342 g/mol. The molecular formula is C20H25N5O2. The lowest BCUT2D eigenvalue weighted by atomic mass is 10.1. The summed E-state index contributed by atoms with van der Waals surface area (Å²) in [6.07, 6.45) is 4.45. The first-order valence-electron chi connectivity index (χ1n) is 9.57. The molecule has 0 spiro atoms. The normalized spacial score (nSPS) is 16.4. The number of hydrogen-bond acceptors (Lipinski definition) is 4. The molecule has 2 aliphatic rings. The summed E-state index contributed by atoms with van der Waals surface area (Å²) in [5, 5.41) is 2.84. The minimum atomic E-state index is -0.269. The van der Waals surface area contributed by atoms with Crippen molar-refractivity contribution in [3.63, 3.8) is 0 Å². The Morgan fingerprint density at radius 1 is 1.26 bits per heavy atom. The van der Waals surface area contributed by atoms with Crippen LogP contribution in [0.3, 0.4) is 0 Å². The Bertz CT molecular complexity index is 881.